The zero-order valence-corrected chi connectivity index (χ0v) is 14.0. The molecule has 0 spiro atoms. The number of amides is 1. The minimum atomic E-state index is -0.0860. The van der Waals surface area contributed by atoms with E-state index in [4.69, 9.17) is 10.5 Å². The minimum Gasteiger partial charge on any atom is -0.491 e. The first-order valence-corrected chi connectivity index (χ1v) is 7.99. The second-order valence-corrected chi connectivity index (χ2v) is 5.72. The Hall–Kier alpha value is -1.75. The van der Waals surface area contributed by atoms with Crippen molar-refractivity contribution in [1.29, 1.82) is 0 Å². The number of carbonyl (C=O) groups excluding carboxylic acids is 1. The fourth-order valence-electron chi connectivity index (χ4n) is 2.03. The number of ether oxygens (including phenoxy) is 1. The molecule has 0 heterocycles. The van der Waals surface area contributed by atoms with Gasteiger partial charge in [-0.2, -0.15) is 0 Å². The van der Waals surface area contributed by atoms with Gasteiger partial charge in [-0.15, -0.1) is 0 Å². The van der Waals surface area contributed by atoms with E-state index in [1.54, 1.807) is 18.2 Å². The molecular weight excluding hydrogens is 278 g/mol. The fraction of sp³-hybridized carbons (Fsp3) is 0.588. The highest BCUT2D eigenvalue weighted by Crippen LogP contribution is 2.23. The van der Waals surface area contributed by atoms with E-state index < -0.39 is 0 Å². The highest BCUT2D eigenvalue weighted by molar-refractivity contribution is 5.95. The Morgan fingerprint density at radius 1 is 1.27 bits per heavy atom. The summed E-state index contributed by atoms with van der Waals surface area (Å²) < 4.78 is 5.68. The van der Waals surface area contributed by atoms with Crippen LogP contribution >= 0.6 is 0 Å². The molecule has 1 amide bonds. The number of nitrogen functional groups attached to an aromatic ring is 1. The average molecular weight is 307 g/mol. The van der Waals surface area contributed by atoms with Crippen molar-refractivity contribution in [2.24, 2.45) is 0 Å². The smallest absolute Gasteiger partial charge is 0.251 e. The van der Waals surface area contributed by atoms with E-state index in [-0.39, 0.29) is 5.91 Å². The molecule has 22 heavy (non-hydrogen) atoms. The SMILES string of the molecule is CCCCCOc1cc(C(=O)NCCCN(C)C)ccc1N. The summed E-state index contributed by atoms with van der Waals surface area (Å²) in [6, 6.07) is 5.18. The van der Waals surface area contributed by atoms with E-state index in [9.17, 15) is 4.79 Å². The van der Waals surface area contributed by atoms with Crippen LogP contribution in [0.3, 0.4) is 0 Å². The Bertz CT molecular complexity index is 461. The highest BCUT2D eigenvalue weighted by Gasteiger charge is 2.09. The summed E-state index contributed by atoms with van der Waals surface area (Å²) in [5.41, 5.74) is 7.05. The number of nitrogens with one attached hydrogen (secondary N) is 1. The van der Waals surface area contributed by atoms with Gasteiger partial charge in [0, 0.05) is 12.1 Å². The number of hydrogen-bond acceptors (Lipinski definition) is 4. The van der Waals surface area contributed by atoms with Gasteiger partial charge in [-0.05, 0) is 51.7 Å². The molecule has 0 saturated heterocycles. The molecule has 0 aliphatic heterocycles. The van der Waals surface area contributed by atoms with Crippen LogP contribution in [-0.2, 0) is 0 Å². The summed E-state index contributed by atoms with van der Waals surface area (Å²) in [5.74, 6) is 0.509. The number of rotatable bonds is 10. The number of nitrogens with zero attached hydrogens (tertiary/aromatic N) is 1. The fourth-order valence-corrected chi connectivity index (χ4v) is 2.03. The first kappa shape index (κ1) is 18.3. The maximum absolute atomic E-state index is 12.1. The van der Waals surface area contributed by atoms with Crippen LogP contribution in [0.1, 0.15) is 43.0 Å². The Morgan fingerprint density at radius 2 is 2.05 bits per heavy atom. The van der Waals surface area contributed by atoms with Crippen LogP contribution in [0.25, 0.3) is 0 Å². The summed E-state index contributed by atoms with van der Waals surface area (Å²) in [5, 5.41) is 2.92. The maximum Gasteiger partial charge on any atom is 0.251 e. The Morgan fingerprint density at radius 3 is 2.73 bits per heavy atom. The molecule has 1 rings (SSSR count). The maximum atomic E-state index is 12.1. The van der Waals surface area contributed by atoms with Crippen LogP contribution in [0.2, 0.25) is 0 Å². The molecule has 0 aromatic heterocycles. The summed E-state index contributed by atoms with van der Waals surface area (Å²) in [7, 11) is 4.04. The number of carbonyl (C=O) groups is 1. The second kappa shape index (κ2) is 10.1. The van der Waals surface area contributed by atoms with Gasteiger partial charge in [0.1, 0.15) is 5.75 Å². The van der Waals surface area contributed by atoms with Crippen molar-refractivity contribution in [3.05, 3.63) is 23.8 Å². The number of unbranched alkanes of at least 4 members (excludes halogenated alkanes) is 2. The van der Waals surface area contributed by atoms with Crippen LogP contribution in [0.5, 0.6) is 5.75 Å². The molecular formula is C17H29N3O2. The molecule has 0 saturated carbocycles. The van der Waals surface area contributed by atoms with Crippen molar-refractivity contribution in [2.75, 3.05) is 39.5 Å². The van der Waals surface area contributed by atoms with Gasteiger partial charge in [0.15, 0.2) is 0 Å². The van der Waals surface area contributed by atoms with Crippen LogP contribution in [0.4, 0.5) is 5.69 Å². The lowest BCUT2D eigenvalue weighted by Gasteiger charge is -2.12. The topological polar surface area (TPSA) is 67.6 Å². The molecule has 0 aliphatic carbocycles. The van der Waals surface area contributed by atoms with Gasteiger partial charge in [0.2, 0.25) is 0 Å². The first-order chi connectivity index (χ1) is 10.5. The Balaban J connectivity index is 2.50. The largest absolute Gasteiger partial charge is 0.491 e. The molecule has 0 atom stereocenters. The third-order valence-electron chi connectivity index (χ3n) is 3.35. The third-order valence-corrected chi connectivity index (χ3v) is 3.35. The Kier molecular flexibility index (Phi) is 8.36. The van der Waals surface area contributed by atoms with Crippen LogP contribution in [-0.4, -0.2) is 44.6 Å². The van der Waals surface area contributed by atoms with Crippen molar-refractivity contribution >= 4 is 11.6 Å². The molecule has 0 bridgehead atoms. The summed E-state index contributed by atoms with van der Waals surface area (Å²) in [6.45, 7) is 4.39. The molecule has 0 radical (unpaired) electrons. The molecule has 0 unspecified atom stereocenters. The molecule has 1 aromatic rings. The number of anilines is 1. The van der Waals surface area contributed by atoms with Crippen molar-refractivity contribution in [1.82, 2.24) is 10.2 Å². The molecule has 5 heteroatoms. The average Bonchev–Trinajstić information content (AvgIpc) is 2.49. The quantitative estimate of drug-likeness (QED) is 0.515. The molecule has 0 aliphatic rings. The van der Waals surface area contributed by atoms with E-state index in [1.807, 2.05) is 14.1 Å². The van der Waals surface area contributed by atoms with Gasteiger partial charge in [-0.1, -0.05) is 19.8 Å². The number of nitrogens with two attached hydrogens (primary N) is 1. The predicted octanol–water partition coefficient (Wildman–Crippen LogP) is 2.52. The van der Waals surface area contributed by atoms with Crippen molar-refractivity contribution < 1.29 is 9.53 Å². The second-order valence-electron chi connectivity index (χ2n) is 5.72. The van der Waals surface area contributed by atoms with Crippen LogP contribution < -0.4 is 15.8 Å². The van der Waals surface area contributed by atoms with Gasteiger partial charge < -0.3 is 20.7 Å². The minimum absolute atomic E-state index is 0.0860. The van der Waals surface area contributed by atoms with Crippen LogP contribution in [0.15, 0.2) is 18.2 Å². The molecule has 124 valence electrons. The summed E-state index contributed by atoms with van der Waals surface area (Å²) >= 11 is 0. The lowest BCUT2D eigenvalue weighted by molar-refractivity contribution is 0.0952. The van der Waals surface area contributed by atoms with Crippen molar-refractivity contribution in [3.8, 4) is 5.75 Å². The van der Waals surface area contributed by atoms with Gasteiger partial charge in [-0.25, -0.2) is 0 Å². The molecule has 3 N–H and O–H groups in total. The Labute approximate surface area is 133 Å². The van der Waals surface area contributed by atoms with E-state index in [1.165, 1.54) is 0 Å². The summed E-state index contributed by atoms with van der Waals surface area (Å²) in [6.07, 6.45) is 4.20. The standard InChI is InChI=1S/C17H29N3O2/c1-4-5-6-12-22-16-13-14(8-9-15(16)18)17(21)19-10-7-11-20(2)3/h8-9,13H,4-7,10-12,18H2,1-3H3,(H,19,21). The third kappa shape index (κ3) is 6.80. The molecule has 5 nitrogen and oxygen atoms in total. The van der Waals surface area contributed by atoms with Gasteiger partial charge in [0.25, 0.3) is 5.91 Å². The van der Waals surface area contributed by atoms with E-state index >= 15 is 0 Å². The van der Waals surface area contributed by atoms with Gasteiger partial charge >= 0.3 is 0 Å². The van der Waals surface area contributed by atoms with E-state index in [0.717, 1.165) is 32.2 Å². The number of hydrogen-bond donors (Lipinski definition) is 2. The molecule has 1 aromatic carbocycles. The van der Waals surface area contributed by atoms with Gasteiger partial charge in [0.05, 0.1) is 12.3 Å². The first-order valence-electron chi connectivity index (χ1n) is 7.99. The van der Waals surface area contributed by atoms with Gasteiger partial charge in [-0.3, -0.25) is 4.79 Å². The van der Waals surface area contributed by atoms with E-state index in [2.05, 4.69) is 17.1 Å². The zero-order valence-electron chi connectivity index (χ0n) is 14.0. The normalized spacial score (nSPS) is 10.7. The summed E-state index contributed by atoms with van der Waals surface area (Å²) in [4.78, 5) is 14.2. The monoisotopic (exact) mass is 307 g/mol. The highest BCUT2D eigenvalue weighted by atomic mass is 16.5. The van der Waals surface area contributed by atoms with Crippen LogP contribution in [0, 0.1) is 0 Å². The lowest BCUT2D eigenvalue weighted by Crippen LogP contribution is -2.27. The predicted molar refractivity (Wildman–Crippen MR) is 91.4 cm³/mol. The van der Waals surface area contributed by atoms with Crippen molar-refractivity contribution in [2.45, 2.75) is 32.6 Å². The molecule has 0 fully saturated rings. The lowest BCUT2D eigenvalue weighted by atomic mass is 10.1. The number of benzene rings is 1. The zero-order chi connectivity index (χ0) is 16.4. The van der Waals surface area contributed by atoms with E-state index in [0.29, 0.717) is 30.2 Å². The van der Waals surface area contributed by atoms with Crippen molar-refractivity contribution in [3.63, 3.8) is 0 Å².